The number of benzene rings is 1. The van der Waals surface area contributed by atoms with Gasteiger partial charge >= 0.3 is 0 Å². The van der Waals surface area contributed by atoms with Crippen molar-refractivity contribution < 1.29 is 10.2 Å². The van der Waals surface area contributed by atoms with E-state index in [1.54, 1.807) is 0 Å². The highest BCUT2D eigenvalue weighted by atomic mass is 16.3. The third kappa shape index (κ3) is 5.54. The summed E-state index contributed by atoms with van der Waals surface area (Å²) in [7, 11) is 1.83. The maximum atomic E-state index is 9.71. The molecule has 1 fully saturated rings. The quantitative estimate of drug-likeness (QED) is 0.474. The van der Waals surface area contributed by atoms with E-state index in [0.717, 1.165) is 19.3 Å². The molecule has 1 saturated carbocycles. The third-order valence-electron chi connectivity index (χ3n) is 6.05. The standard InChI is InChI=1S/C22H37NO2/c1-3-4-5-6-7-8-9-19-10-12-20(13-11-19)21(14-15-21)16-22(17-24,18-25)23-2/h10-13,23-25H,3-9,14-18H2,1-2H3. The van der Waals surface area contributed by atoms with Crippen LogP contribution in [0.4, 0.5) is 0 Å². The first kappa shape index (κ1) is 20.4. The lowest BCUT2D eigenvalue weighted by atomic mass is 9.81. The molecule has 0 heterocycles. The summed E-state index contributed by atoms with van der Waals surface area (Å²) in [5.41, 5.74) is 2.35. The first-order chi connectivity index (χ1) is 12.1. The second kappa shape index (κ2) is 9.70. The van der Waals surface area contributed by atoms with E-state index in [4.69, 9.17) is 0 Å². The van der Waals surface area contributed by atoms with Crippen molar-refractivity contribution in [3.8, 4) is 0 Å². The maximum absolute atomic E-state index is 9.71. The molecule has 0 aliphatic heterocycles. The van der Waals surface area contributed by atoms with Gasteiger partial charge in [0.05, 0.1) is 18.8 Å². The van der Waals surface area contributed by atoms with Gasteiger partial charge in [-0.25, -0.2) is 0 Å². The van der Waals surface area contributed by atoms with Gasteiger partial charge in [-0.2, -0.15) is 0 Å². The van der Waals surface area contributed by atoms with Crippen molar-refractivity contribution in [3.63, 3.8) is 0 Å². The number of unbranched alkanes of at least 4 members (excludes halogenated alkanes) is 5. The van der Waals surface area contributed by atoms with Crippen LogP contribution in [0.1, 0.15) is 75.8 Å². The molecule has 0 saturated heterocycles. The number of aryl methyl sites for hydroxylation is 1. The SMILES string of the molecule is CCCCCCCCc1ccc(C2(CC(CO)(CO)NC)CC2)cc1. The summed E-state index contributed by atoms with van der Waals surface area (Å²) >= 11 is 0. The van der Waals surface area contributed by atoms with E-state index in [2.05, 4.69) is 36.5 Å². The van der Waals surface area contributed by atoms with Crippen LogP contribution in [0.2, 0.25) is 0 Å². The number of hydrogen-bond acceptors (Lipinski definition) is 3. The maximum Gasteiger partial charge on any atom is 0.0654 e. The molecule has 142 valence electrons. The molecule has 0 atom stereocenters. The largest absolute Gasteiger partial charge is 0.394 e. The minimum Gasteiger partial charge on any atom is -0.394 e. The Labute approximate surface area is 153 Å². The van der Waals surface area contributed by atoms with Gasteiger partial charge < -0.3 is 15.5 Å². The molecule has 0 unspecified atom stereocenters. The van der Waals surface area contributed by atoms with Gasteiger partial charge in [0.15, 0.2) is 0 Å². The fourth-order valence-corrected chi connectivity index (χ4v) is 3.91. The zero-order valence-electron chi connectivity index (χ0n) is 16.2. The molecule has 2 rings (SSSR count). The predicted octanol–water partition coefficient (Wildman–Crippen LogP) is 3.95. The molecular weight excluding hydrogens is 310 g/mol. The predicted molar refractivity (Wildman–Crippen MR) is 105 cm³/mol. The van der Waals surface area contributed by atoms with Crippen LogP contribution in [0.5, 0.6) is 0 Å². The van der Waals surface area contributed by atoms with Crippen LogP contribution in [0.25, 0.3) is 0 Å². The monoisotopic (exact) mass is 347 g/mol. The smallest absolute Gasteiger partial charge is 0.0654 e. The van der Waals surface area contributed by atoms with E-state index in [0.29, 0.717) is 0 Å². The Bertz CT molecular complexity index is 481. The number of hydrogen-bond donors (Lipinski definition) is 3. The van der Waals surface area contributed by atoms with Crippen molar-refractivity contribution in [2.45, 2.75) is 82.1 Å². The molecule has 25 heavy (non-hydrogen) atoms. The van der Waals surface area contributed by atoms with Crippen molar-refractivity contribution >= 4 is 0 Å². The van der Waals surface area contributed by atoms with E-state index in [9.17, 15) is 10.2 Å². The van der Waals surface area contributed by atoms with Gasteiger partial charge in [0.2, 0.25) is 0 Å². The number of rotatable bonds is 13. The van der Waals surface area contributed by atoms with Crippen LogP contribution in [-0.2, 0) is 11.8 Å². The Hall–Kier alpha value is -0.900. The Kier molecular flexibility index (Phi) is 7.92. The van der Waals surface area contributed by atoms with Gasteiger partial charge in [0, 0.05) is 0 Å². The van der Waals surface area contributed by atoms with Crippen LogP contribution >= 0.6 is 0 Å². The topological polar surface area (TPSA) is 52.5 Å². The van der Waals surface area contributed by atoms with Crippen molar-refractivity contribution in [1.29, 1.82) is 0 Å². The number of aliphatic hydroxyl groups is 2. The summed E-state index contributed by atoms with van der Waals surface area (Å²) in [5.74, 6) is 0. The highest BCUT2D eigenvalue weighted by Gasteiger charge is 2.49. The Morgan fingerprint density at radius 2 is 1.56 bits per heavy atom. The average Bonchev–Trinajstić information content (AvgIpc) is 3.44. The van der Waals surface area contributed by atoms with E-state index in [1.807, 2.05) is 7.05 Å². The fourth-order valence-electron chi connectivity index (χ4n) is 3.91. The van der Waals surface area contributed by atoms with Gasteiger partial charge in [0.1, 0.15) is 0 Å². The van der Waals surface area contributed by atoms with Crippen molar-refractivity contribution in [2.75, 3.05) is 20.3 Å². The summed E-state index contributed by atoms with van der Waals surface area (Å²) < 4.78 is 0. The highest BCUT2D eigenvalue weighted by molar-refractivity contribution is 5.34. The molecule has 3 heteroatoms. The van der Waals surface area contributed by atoms with Gasteiger partial charge in [0.25, 0.3) is 0 Å². The number of aliphatic hydroxyl groups excluding tert-OH is 2. The molecule has 3 nitrogen and oxygen atoms in total. The normalized spacial score (nSPS) is 16.2. The number of likely N-dealkylation sites (N-methyl/N-ethyl adjacent to an activating group) is 1. The molecule has 0 aromatic heterocycles. The van der Waals surface area contributed by atoms with E-state index in [-0.39, 0.29) is 18.6 Å². The molecule has 0 bridgehead atoms. The first-order valence-corrected chi connectivity index (χ1v) is 10.1. The Balaban J connectivity index is 1.87. The Morgan fingerprint density at radius 3 is 2.08 bits per heavy atom. The molecule has 1 aromatic carbocycles. The second-order valence-corrected chi connectivity index (χ2v) is 8.02. The Morgan fingerprint density at radius 1 is 0.960 bits per heavy atom. The molecular formula is C22H37NO2. The minimum absolute atomic E-state index is 0.0299. The third-order valence-corrected chi connectivity index (χ3v) is 6.05. The van der Waals surface area contributed by atoms with E-state index >= 15 is 0 Å². The fraction of sp³-hybridized carbons (Fsp3) is 0.727. The molecule has 0 radical (unpaired) electrons. The van der Waals surface area contributed by atoms with Crippen LogP contribution in [0, 0.1) is 0 Å². The molecule has 1 aromatic rings. The molecule has 1 aliphatic rings. The van der Waals surface area contributed by atoms with Gasteiger partial charge in [-0.1, -0.05) is 63.3 Å². The lowest BCUT2D eigenvalue weighted by Gasteiger charge is -2.34. The first-order valence-electron chi connectivity index (χ1n) is 10.1. The van der Waals surface area contributed by atoms with Crippen molar-refractivity contribution in [1.82, 2.24) is 5.32 Å². The summed E-state index contributed by atoms with van der Waals surface area (Å²) in [6.07, 6.45) is 12.3. The molecule has 0 spiro atoms. The number of nitrogens with one attached hydrogen (secondary N) is 1. The van der Waals surface area contributed by atoms with Crippen LogP contribution in [-0.4, -0.2) is 36.0 Å². The summed E-state index contributed by atoms with van der Waals surface area (Å²) in [6, 6.07) is 9.10. The lowest BCUT2D eigenvalue weighted by molar-refractivity contribution is 0.0819. The van der Waals surface area contributed by atoms with E-state index < -0.39 is 5.54 Å². The van der Waals surface area contributed by atoms with Gasteiger partial charge in [-0.15, -0.1) is 0 Å². The summed E-state index contributed by atoms with van der Waals surface area (Å²) in [4.78, 5) is 0. The summed E-state index contributed by atoms with van der Waals surface area (Å²) in [6.45, 7) is 2.20. The lowest BCUT2D eigenvalue weighted by Crippen LogP contribution is -2.52. The second-order valence-electron chi connectivity index (χ2n) is 8.02. The minimum atomic E-state index is -0.576. The van der Waals surface area contributed by atoms with Crippen molar-refractivity contribution in [2.24, 2.45) is 0 Å². The highest BCUT2D eigenvalue weighted by Crippen LogP contribution is 2.53. The molecule has 3 N–H and O–H groups in total. The van der Waals surface area contributed by atoms with Crippen LogP contribution < -0.4 is 5.32 Å². The average molecular weight is 348 g/mol. The zero-order chi connectivity index (χ0) is 18.2. The van der Waals surface area contributed by atoms with Crippen molar-refractivity contribution in [3.05, 3.63) is 35.4 Å². The molecule has 0 amide bonds. The zero-order valence-corrected chi connectivity index (χ0v) is 16.2. The van der Waals surface area contributed by atoms with Crippen LogP contribution in [0.15, 0.2) is 24.3 Å². The summed E-state index contributed by atoms with van der Waals surface area (Å²) in [5, 5.41) is 22.6. The van der Waals surface area contributed by atoms with Gasteiger partial charge in [-0.05, 0) is 55.7 Å². The van der Waals surface area contributed by atoms with E-state index in [1.165, 1.54) is 56.1 Å². The van der Waals surface area contributed by atoms with Gasteiger partial charge in [-0.3, -0.25) is 0 Å². The molecule has 1 aliphatic carbocycles. The van der Waals surface area contributed by atoms with Crippen LogP contribution in [0.3, 0.4) is 0 Å².